The topological polar surface area (TPSA) is 12.9 Å². The van der Waals surface area contributed by atoms with Crippen LogP contribution in [0.5, 0.6) is 0 Å². The third kappa shape index (κ3) is 4.39. The number of benzene rings is 1. The van der Waals surface area contributed by atoms with Gasteiger partial charge in [-0.05, 0) is 24.1 Å². The summed E-state index contributed by atoms with van der Waals surface area (Å²) in [7, 11) is 0. The molecule has 0 bridgehead atoms. The molecular formula is C15H17Br2N. The Kier molecular flexibility index (Phi) is 8.59. The Morgan fingerprint density at radius 1 is 1.11 bits per heavy atom. The molecule has 0 spiro atoms. The van der Waals surface area contributed by atoms with Crippen molar-refractivity contribution in [2.75, 3.05) is 0 Å². The largest absolute Gasteiger partial charge is 0.256 e. The molecular weight excluding hydrogens is 354 g/mol. The first-order valence-electron chi connectivity index (χ1n) is 5.38. The highest BCUT2D eigenvalue weighted by Crippen LogP contribution is 2.21. The van der Waals surface area contributed by atoms with Crippen LogP contribution < -0.4 is 0 Å². The van der Waals surface area contributed by atoms with Crippen LogP contribution in [0.4, 0.5) is 0 Å². The van der Waals surface area contributed by atoms with Gasteiger partial charge in [0.1, 0.15) is 0 Å². The molecule has 1 nitrogen and oxygen atoms in total. The predicted octanol–water partition coefficient (Wildman–Crippen LogP) is 5.33. The van der Waals surface area contributed by atoms with Gasteiger partial charge in [0.15, 0.2) is 0 Å². The molecule has 0 fully saturated rings. The van der Waals surface area contributed by atoms with E-state index in [0.29, 0.717) is 0 Å². The van der Waals surface area contributed by atoms with Gasteiger partial charge in [0.2, 0.25) is 0 Å². The van der Waals surface area contributed by atoms with E-state index in [1.54, 1.807) is 0 Å². The molecule has 1 aromatic heterocycles. The van der Waals surface area contributed by atoms with Gasteiger partial charge < -0.3 is 0 Å². The Morgan fingerprint density at radius 2 is 1.78 bits per heavy atom. The van der Waals surface area contributed by atoms with Gasteiger partial charge in [-0.2, -0.15) is 0 Å². The monoisotopic (exact) mass is 369 g/mol. The van der Waals surface area contributed by atoms with Crippen molar-refractivity contribution in [2.45, 2.75) is 12.3 Å². The van der Waals surface area contributed by atoms with Gasteiger partial charge in [0, 0.05) is 17.1 Å². The van der Waals surface area contributed by atoms with E-state index in [9.17, 15) is 0 Å². The van der Waals surface area contributed by atoms with Gasteiger partial charge in [-0.1, -0.05) is 46.3 Å². The number of hydrogen-bond acceptors (Lipinski definition) is 1. The maximum absolute atomic E-state index is 4.45. The quantitative estimate of drug-likeness (QED) is 0.514. The highest BCUT2D eigenvalue weighted by molar-refractivity contribution is 9.08. The summed E-state index contributed by atoms with van der Waals surface area (Å²) in [5.74, 6) is 0. The van der Waals surface area contributed by atoms with E-state index in [4.69, 9.17) is 0 Å². The highest BCUT2D eigenvalue weighted by atomic mass is 79.9. The second-order valence-electron chi connectivity index (χ2n) is 3.50. The zero-order valence-corrected chi connectivity index (χ0v) is 13.7. The van der Waals surface area contributed by atoms with Gasteiger partial charge in [0.25, 0.3) is 0 Å². The fourth-order valence-electron chi connectivity index (χ4n) is 1.52. The first-order valence-corrected chi connectivity index (χ1v) is 6.50. The number of pyridine rings is 1. The minimum Gasteiger partial charge on any atom is -0.256 e. The average molecular weight is 371 g/mol. The Bertz CT molecular complexity index is 466. The second kappa shape index (κ2) is 9.06. The molecule has 3 heteroatoms. The minimum absolute atomic E-state index is 0. The van der Waals surface area contributed by atoms with Crippen molar-refractivity contribution in [3.63, 3.8) is 0 Å². The van der Waals surface area contributed by atoms with E-state index in [1.165, 1.54) is 16.7 Å². The van der Waals surface area contributed by atoms with Crippen molar-refractivity contribution in [3.8, 4) is 11.3 Å². The molecule has 18 heavy (non-hydrogen) atoms. The molecule has 0 saturated heterocycles. The molecule has 0 aliphatic heterocycles. The molecule has 96 valence electrons. The molecule has 1 heterocycles. The summed E-state index contributed by atoms with van der Waals surface area (Å²) < 4.78 is 0. The van der Waals surface area contributed by atoms with E-state index in [-0.39, 0.29) is 17.0 Å². The summed E-state index contributed by atoms with van der Waals surface area (Å²) in [5.41, 5.74) is 4.71. The highest BCUT2D eigenvalue weighted by Gasteiger charge is 2.01. The predicted molar refractivity (Wildman–Crippen MR) is 88.6 cm³/mol. The number of nitrogens with zero attached hydrogens (tertiary/aromatic N) is 1. The van der Waals surface area contributed by atoms with E-state index in [2.05, 4.69) is 65.3 Å². The van der Waals surface area contributed by atoms with Gasteiger partial charge in [-0.15, -0.1) is 30.1 Å². The lowest BCUT2D eigenvalue weighted by Gasteiger charge is -2.04. The SMILES string of the molecule is Br.C=C.Cc1ccccc1-c1ccc(CBr)cn1. The molecule has 1 aromatic carbocycles. The normalized spacial score (nSPS) is 8.78. The van der Waals surface area contributed by atoms with Crippen LogP contribution in [0.25, 0.3) is 11.3 Å². The zero-order chi connectivity index (χ0) is 12.7. The maximum atomic E-state index is 4.45. The summed E-state index contributed by atoms with van der Waals surface area (Å²) >= 11 is 3.41. The van der Waals surface area contributed by atoms with Gasteiger partial charge >= 0.3 is 0 Å². The molecule has 2 aromatic rings. The molecule has 0 saturated carbocycles. The van der Waals surface area contributed by atoms with Gasteiger partial charge in [-0.3, -0.25) is 4.98 Å². The standard InChI is InChI=1S/C13H12BrN.C2H4.BrH/c1-10-4-2-3-5-12(10)13-7-6-11(8-14)9-15-13;1-2;/h2-7,9H,8H2,1H3;1-2H2;1H. The number of aromatic nitrogens is 1. The average Bonchev–Trinajstić information content (AvgIpc) is 2.42. The van der Waals surface area contributed by atoms with Crippen LogP contribution in [0.2, 0.25) is 0 Å². The number of alkyl halides is 1. The Labute approximate surface area is 128 Å². The fourth-order valence-corrected chi connectivity index (χ4v) is 1.85. The van der Waals surface area contributed by atoms with Crippen LogP contribution in [0.15, 0.2) is 55.8 Å². The molecule has 0 aliphatic carbocycles. The summed E-state index contributed by atoms with van der Waals surface area (Å²) in [6.45, 7) is 8.11. The van der Waals surface area contributed by atoms with E-state index < -0.39 is 0 Å². The first kappa shape index (κ1) is 17.1. The van der Waals surface area contributed by atoms with E-state index in [1.807, 2.05) is 18.3 Å². The van der Waals surface area contributed by atoms with Crippen LogP contribution in [-0.4, -0.2) is 4.98 Å². The first-order chi connectivity index (χ1) is 8.31. The summed E-state index contributed by atoms with van der Waals surface area (Å²) in [6, 6.07) is 12.5. The van der Waals surface area contributed by atoms with Crippen molar-refractivity contribution in [1.29, 1.82) is 0 Å². The third-order valence-corrected chi connectivity index (χ3v) is 3.05. The lowest BCUT2D eigenvalue weighted by molar-refractivity contribution is 1.25. The van der Waals surface area contributed by atoms with Crippen LogP contribution in [0, 0.1) is 6.92 Å². The Morgan fingerprint density at radius 3 is 2.28 bits per heavy atom. The van der Waals surface area contributed by atoms with Crippen molar-refractivity contribution in [1.82, 2.24) is 4.98 Å². The summed E-state index contributed by atoms with van der Waals surface area (Å²) in [6.07, 6.45) is 1.91. The fraction of sp³-hybridized carbons (Fsp3) is 0.133. The minimum atomic E-state index is 0. The third-order valence-electron chi connectivity index (χ3n) is 2.40. The van der Waals surface area contributed by atoms with Gasteiger partial charge in [-0.25, -0.2) is 0 Å². The molecule has 0 N–H and O–H groups in total. The number of aryl methyl sites for hydroxylation is 1. The smallest absolute Gasteiger partial charge is 0.0704 e. The van der Waals surface area contributed by atoms with Gasteiger partial charge in [0.05, 0.1) is 5.69 Å². The molecule has 0 amide bonds. The van der Waals surface area contributed by atoms with Crippen molar-refractivity contribution >= 4 is 32.9 Å². The summed E-state index contributed by atoms with van der Waals surface area (Å²) in [5, 5.41) is 0.855. The Balaban J connectivity index is 0.000000917. The van der Waals surface area contributed by atoms with Crippen LogP contribution in [0.3, 0.4) is 0 Å². The van der Waals surface area contributed by atoms with Crippen LogP contribution >= 0.6 is 32.9 Å². The van der Waals surface area contributed by atoms with E-state index >= 15 is 0 Å². The lowest BCUT2D eigenvalue weighted by Crippen LogP contribution is -1.87. The number of rotatable bonds is 2. The molecule has 0 unspecified atom stereocenters. The van der Waals surface area contributed by atoms with E-state index in [0.717, 1.165) is 11.0 Å². The lowest BCUT2D eigenvalue weighted by atomic mass is 10.1. The molecule has 2 rings (SSSR count). The molecule has 0 aliphatic rings. The number of hydrogen-bond donors (Lipinski definition) is 0. The van der Waals surface area contributed by atoms with Crippen molar-refractivity contribution in [2.24, 2.45) is 0 Å². The van der Waals surface area contributed by atoms with Crippen molar-refractivity contribution < 1.29 is 0 Å². The summed E-state index contributed by atoms with van der Waals surface area (Å²) in [4.78, 5) is 4.45. The molecule has 0 radical (unpaired) electrons. The molecule has 0 atom stereocenters. The maximum Gasteiger partial charge on any atom is 0.0704 e. The number of halogens is 2. The van der Waals surface area contributed by atoms with Crippen LogP contribution in [0.1, 0.15) is 11.1 Å². The second-order valence-corrected chi connectivity index (χ2v) is 4.06. The van der Waals surface area contributed by atoms with Crippen LogP contribution in [-0.2, 0) is 5.33 Å². The Hall–Kier alpha value is -0.930. The van der Waals surface area contributed by atoms with Crippen molar-refractivity contribution in [3.05, 3.63) is 66.9 Å². The zero-order valence-electron chi connectivity index (χ0n) is 10.4.